The zero-order valence-corrected chi connectivity index (χ0v) is 18.7. The Morgan fingerprint density at radius 1 is 1.03 bits per heavy atom. The number of rotatable bonds is 8. The van der Waals surface area contributed by atoms with E-state index in [1.165, 1.54) is 0 Å². The number of nitrogens with zero attached hydrogens (tertiary/aromatic N) is 3. The topological polar surface area (TPSA) is 88.3 Å². The Labute approximate surface area is 196 Å². The third-order valence-corrected chi connectivity index (χ3v) is 5.89. The molecule has 2 saturated carbocycles. The maximum atomic E-state index is 12.9. The summed E-state index contributed by atoms with van der Waals surface area (Å²) in [6.07, 6.45) is 7.34. The summed E-state index contributed by atoms with van der Waals surface area (Å²) in [6.45, 7) is 0.259. The van der Waals surface area contributed by atoms with E-state index in [1.54, 1.807) is 41.3 Å². The van der Waals surface area contributed by atoms with Gasteiger partial charge in [0, 0.05) is 34.3 Å². The van der Waals surface area contributed by atoms with Crippen molar-refractivity contribution >= 4 is 29.5 Å². The normalized spacial score (nSPS) is 15.5. The Morgan fingerprint density at radius 3 is 2.42 bits per heavy atom. The van der Waals surface area contributed by atoms with E-state index in [-0.39, 0.29) is 24.4 Å². The SMILES string of the molecule is O=C(NC1CC1)c1ccc(/C=C/C(=O)N(Cc2nnc(-c3ccc(Cl)cc3)o2)C2CC2)cc1. The molecule has 2 aromatic carbocycles. The first kappa shape index (κ1) is 21.4. The van der Waals surface area contributed by atoms with Gasteiger partial charge in [-0.15, -0.1) is 10.2 Å². The molecule has 8 heteroatoms. The van der Waals surface area contributed by atoms with E-state index in [0.717, 1.165) is 36.8 Å². The van der Waals surface area contributed by atoms with E-state index < -0.39 is 0 Å². The van der Waals surface area contributed by atoms with Gasteiger partial charge in [-0.2, -0.15) is 0 Å². The highest BCUT2D eigenvalue weighted by molar-refractivity contribution is 6.30. The van der Waals surface area contributed by atoms with Gasteiger partial charge in [-0.1, -0.05) is 23.7 Å². The molecule has 1 aromatic heterocycles. The first-order valence-electron chi connectivity index (χ1n) is 11.0. The minimum Gasteiger partial charge on any atom is -0.419 e. The molecule has 0 saturated heterocycles. The molecule has 33 heavy (non-hydrogen) atoms. The summed E-state index contributed by atoms with van der Waals surface area (Å²) in [4.78, 5) is 26.8. The fourth-order valence-corrected chi connectivity index (χ4v) is 3.58. The molecular weight excluding hydrogens is 440 g/mol. The zero-order valence-electron chi connectivity index (χ0n) is 17.9. The van der Waals surface area contributed by atoms with Crippen molar-refractivity contribution < 1.29 is 14.0 Å². The van der Waals surface area contributed by atoms with E-state index in [2.05, 4.69) is 15.5 Å². The predicted octanol–water partition coefficient (Wildman–Crippen LogP) is 4.49. The van der Waals surface area contributed by atoms with E-state index in [0.29, 0.717) is 28.4 Å². The van der Waals surface area contributed by atoms with Crippen molar-refractivity contribution in [1.29, 1.82) is 0 Å². The van der Waals surface area contributed by atoms with Crippen LogP contribution in [0.4, 0.5) is 0 Å². The summed E-state index contributed by atoms with van der Waals surface area (Å²) in [5.41, 5.74) is 2.25. The lowest BCUT2D eigenvalue weighted by atomic mass is 10.1. The Kier molecular flexibility index (Phi) is 5.96. The third-order valence-electron chi connectivity index (χ3n) is 5.64. The summed E-state index contributed by atoms with van der Waals surface area (Å²) in [5, 5.41) is 11.8. The number of hydrogen-bond acceptors (Lipinski definition) is 5. The molecule has 7 nitrogen and oxygen atoms in total. The second-order valence-corrected chi connectivity index (χ2v) is 8.84. The Morgan fingerprint density at radius 2 is 1.76 bits per heavy atom. The monoisotopic (exact) mass is 462 g/mol. The lowest BCUT2D eigenvalue weighted by molar-refractivity contribution is -0.127. The van der Waals surface area contributed by atoms with Gasteiger partial charge in [0.25, 0.3) is 5.91 Å². The molecule has 0 spiro atoms. The molecule has 2 amide bonds. The minimum atomic E-state index is -0.112. The van der Waals surface area contributed by atoms with Gasteiger partial charge in [0.1, 0.15) is 0 Å². The molecule has 2 fully saturated rings. The zero-order chi connectivity index (χ0) is 22.8. The van der Waals surface area contributed by atoms with Crippen LogP contribution in [0.5, 0.6) is 0 Å². The van der Waals surface area contributed by atoms with Crippen LogP contribution in [0.25, 0.3) is 17.5 Å². The largest absolute Gasteiger partial charge is 0.419 e. The molecule has 2 aliphatic carbocycles. The van der Waals surface area contributed by atoms with E-state index in [4.69, 9.17) is 16.0 Å². The van der Waals surface area contributed by atoms with Crippen LogP contribution >= 0.6 is 11.6 Å². The van der Waals surface area contributed by atoms with Crippen molar-refractivity contribution in [3.63, 3.8) is 0 Å². The summed E-state index contributed by atoms with van der Waals surface area (Å²) >= 11 is 5.93. The molecule has 0 aliphatic heterocycles. The van der Waals surface area contributed by atoms with Crippen molar-refractivity contribution in [2.45, 2.75) is 44.3 Å². The lowest BCUT2D eigenvalue weighted by Gasteiger charge is -2.18. The van der Waals surface area contributed by atoms with Crippen LogP contribution in [0.2, 0.25) is 5.02 Å². The number of nitrogens with one attached hydrogen (secondary N) is 1. The summed E-state index contributed by atoms with van der Waals surface area (Å²) < 4.78 is 5.78. The highest BCUT2D eigenvalue weighted by Crippen LogP contribution is 2.29. The molecular formula is C25H23ClN4O3. The molecule has 0 bridgehead atoms. The van der Waals surface area contributed by atoms with Gasteiger partial charge >= 0.3 is 0 Å². The highest BCUT2D eigenvalue weighted by Gasteiger charge is 2.33. The molecule has 1 N–H and O–H groups in total. The number of halogens is 1. The third kappa shape index (κ3) is 5.49. The van der Waals surface area contributed by atoms with Crippen molar-refractivity contribution in [2.75, 3.05) is 0 Å². The summed E-state index contributed by atoms with van der Waals surface area (Å²) in [5.74, 6) is 0.617. The smallest absolute Gasteiger partial charge is 0.251 e. The molecule has 0 atom stereocenters. The lowest BCUT2D eigenvalue weighted by Crippen LogP contribution is -2.31. The Hall–Kier alpha value is -3.45. The van der Waals surface area contributed by atoms with Crippen molar-refractivity contribution in [1.82, 2.24) is 20.4 Å². The molecule has 0 unspecified atom stereocenters. The quantitative estimate of drug-likeness (QED) is 0.498. The average molecular weight is 463 g/mol. The minimum absolute atomic E-state index is 0.0541. The van der Waals surface area contributed by atoms with Crippen LogP contribution in [-0.2, 0) is 11.3 Å². The number of aromatic nitrogens is 2. The average Bonchev–Trinajstić information content (AvgIpc) is 3.77. The van der Waals surface area contributed by atoms with Crippen molar-refractivity contribution in [3.8, 4) is 11.5 Å². The highest BCUT2D eigenvalue weighted by atomic mass is 35.5. The van der Waals surface area contributed by atoms with Gasteiger partial charge in [0.2, 0.25) is 17.7 Å². The van der Waals surface area contributed by atoms with Crippen molar-refractivity contribution in [3.05, 3.63) is 76.6 Å². The van der Waals surface area contributed by atoms with Gasteiger partial charge in [0.05, 0.1) is 6.54 Å². The van der Waals surface area contributed by atoms with Crippen LogP contribution in [0, 0.1) is 0 Å². The predicted molar refractivity (Wildman–Crippen MR) is 124 cm³/mol. The molecule has 168 valence electrons. The summed E-state index contributed by atoms with van der Waals surface area (Å²) in [6, 6.07) is 14.9. The van der Waals surface area contributed by atoms with E-state index >= 15 is 0 Å². The molecule has 1 heterocycles. The van der Waals surface area contributed by atoms with E-state index in [9.17, 15) is 9.59 Å². The maximum Gasteiger partial charge on any atom is 0.251 e. The molecule has 5 rings (SSSR count). The Bertz CT molecular complexity index is 1180. The van der Waals surface area contributed by atoms with Crippen LogP contribution in [-0.4, -0.2) is 39.0 Å². The number of carbonyl (C=O) groups excluding carboxylic acids is 2. The van der Waals surface area contributed by atoms with Gasteiger partial charge in [-0.05, 0) is 73.7 Å². The standard InChI is InChI=1S/C25H23ClN4O3/c26-19-8-6-18(7-9-19)25-29-28-22(33-25)15-30(21-12-13-21)23(31)14-3-16-1-4-17(5-2-16)24(32)27-20-10-11-20/h1-9,14,20-21H,10-13,15H2,(H,27,32)/b14-3+. The second kappa shape index (κ2) is 9.19. The number of amides is 2. The molecule has 2 aliphatic rings. The van der Waals surface area contributed by atoms with Gasteiger partial charge < -0.3 is 14.6 Å². The van der Waals surface area contributed by atoms with E-state index in [1.807, 2.05) is 24.3 Å². The van der Waals surface area contributed by atoms with Crippen LogP contribution < -0.4 is 5.32 Å². The van der Waals surface area contributed by atoms with Crippen LogP contribution in [0.1, 0.15) is 47.5 Å². The molecule has 3 aromatic rings. The van der Waals surface area contributed by atoms with Crippen molar-refractivity contribution in [2.24, 2.45) is 0 Å². The van der Waals surface area contributed by atoms with Crippen LogP contribution in [0.3, 0.4) is 0 Å². The van der Waals surface area contributed by atoms with Gasteiger partial charge in [0.15, 0.2) is 0 Å². The summed E-state index contributed by atoms with van der Waals surface area (Å²) in [7, 11) is 0. The van der Waals surface area contributed by atoms with Gasteiger partial charge in [-0.25, -0.2) is 0 Å². The number of benzene rings is 2. The maximum absolute atomic E-state index is 12.9. The number of hydrogen-bond donors (Lipinski definition) is 1. The first-order valence-corrected chi connectivity index (χ1v) is 11.4. The van der Waals surface area contributed by atoms with Gasteiger partial charge in [-0.3, -0.25) is 9.59 Å². The Balaban J connectivity index is 1.22. The number of carbonyl (C=O) groups is 2. The molecule has 0 radical (unpaired) electrons. The second-order valence-electron chi connectivity index (χ2n) is 8.41. The van der Waals surface area contributed by atoms with Crippen LogP contribution in [0.15, 0.2) is 59.0 Å². The fourth-order valence-electron chi connectivity index (χ4n) is 3.45. The first-order chi connectivity index (χ1) is 16.0. The fraction of sp³-hybridized carbons (Fsp3) is 0.280.